The molecule has 2 aromatic rings. The lowest BCUT2D eigenvalue weighted by Gasteiger charge is -2.32. The Kier molecular flexibility index (Phi) is 16.9. The van der Waals surface area contributed by atoms with Gasteiger partial charge in [0.1, 0.15) is 5.82 Å². The molecule has 3 N–H and O–H groups in total. The van der Waals surface area contributed by atoms with Crippen LogP contribution in [0.5, 0.6) is 6.01 Å². The highest BCUT2D eigenvalue weighted by atomic mass is 16.5. The average molecular weight is 790 g/mol. The molecule has 0 fully saturated rings. The zero-order valence-electron chi connectivity index (χ0n) is 36.8. The van der Waals surface area contributed by atoms with Crippen LogP contribution in [0.1, 0.15) is 129 Å². The van der Waals surface area contributed by atoms with Crippen LogP contribution in [-0.4, -0.2) is 85.6 Å². The van der Waals surface area contributed by atoms with Gasteiger partial charge in [0.2, 0.25) is 0 Å². The van der Waals surface area contributed by atoms with Crippen molar-refractivity contribution < 1.29 is 9.53 Å². The Hall–Kier alpha value is -5.24. The van der Waals surface area contributed by atoms with Crippen molar-refractivity contribution >= 4 is 51.6 Å². The van der Waals surface area contributed by atoms with E-state index in [1.165, 1.54) is 17.7 Å². The van der Waals surface area contributed by atoms with E-state index in [4.69, 9.17) is 30.4 Å². The van der Waals surface area contributed by atoms with Crippen molar-refractivity contribution in [1.82, 2.24) is 14.9 Å². The highest BCUT2D eigenvalue weighted by Gasteiger charge is 2.33. The van der Waals surface area contributed by atoms with Crippen molar-refractivity contribution in [1.29, 1.82) is 5.26 Å². The van der Waals surface area contributed by atoms with Gasteiger partial charge in [0.05, 0.1) is 53.2 Å². The van der Waals surface area contributed by atoms with Gasteiger partial charge >= 0.3 is 6.01 Å². The quantitative estimate of drug-likeness (QED) is 0.0864. The molecule has 2 heterocycles. The molecule has 1 amide bonds. The number of hydrogen-bond acceptors (Lipinski definition) is 10. The van der Waals surface area contributed by atoms with Crippen LogP contribution in [0, 0.1) is 16.7 Å². The number of carbonyl (C=O) groups is 1. The maximum absolute atomic E-state index is 12.8. The Labute approximate surface area is 348 Å². The Bertz CT molecular complexity index is 2000. The van der Waals surface area contributed by atoms with Crippen LogP contribution >= 0.6 is 0 Å². The molecule has 0 saturated carbocycles. The summed E-state index contributed by atoms with van der Waals surface area (Å²) in [5.74, 6) is 0.454. The van der Waals surface area contributed by atoms with Crippen LogP contribution in [0.3, 0.4) is 0 Å². The fraction of sp³-hybridized carbons (Fsp3) is 0.532. The fourth-order valence-electron chi connectivity index (χ4n) is 7.54. The van der Waals surface area contributed by atoms with E-state index in [-0.39, 0.29) is 23.1 Å². The number of anilines is 2. The first-order chi connectivity index (χ1) is 27.9. The zero-order chi connectivity index (χ0) is 42.4. The van der Waals surface area contributed by atoms with Crippen molar-refractivity contribution in [3.05, 3.63) is 64.5 Å². The molecule has 1 aliphatic carbocycles. The van der Waals surface area contributed by atoms with E-state index < -0.39 is 0 Å². The van der Waals surface area contributed by atoms with E-state index >= 15 is 0 Å². The van der Waals surface area contributed by atoms with Crippen molar-refractivity contribution in [3.63, 3.8) is 0 Å². The molecule has 11 heteroatoms. The Balaban J connectivity index is 2.03. The largest absolute Gasteiger partial charge is 0.463 e. The number of aromatic nitrogens is 2. The normalized spacial score (nSPS) is 17.8. The molecule has 1 aliphatic heterocycles. The number of aliphatic imine (C=N–C) groups is 2. The van der Waals surface area contributed by atoms with E-state index in [2.05, 4.69) is 69.1 Å². The molecule has 0 spiro atoms. The maximum atomic E-state index is 12.8. The minimum absolute atomic E-state index is 0.0164. The number of allylic oxidation sites excluding steroid dienone is 5. The molecule has 58 heavy (non-hydrogen) atoms. The first kappa shape index (κ1) is 45.5. The van der Waals surface area contributed by atoms with Crippen LogP contribution in [0.15, 0.2) is 52.1 Å². The van der Waals surface area contributed by atoms with E-state index in [0.29, 0.717) is 49.2 Å². The van der Waals surface area contributed by atoms with E-state index in [0.717, 1.165) is 90.0 Å². The number of ether oxygens (including phenoxy) is 1. The molecule has 2 aliphatic rings. The number of nitrogens with two attached hydrogens (primary N) is 1. The molecule has 4 rings (SSSR count). The summed E-state index contributed by atoms with van der Waals surface area (Å²) in [6.07, 6.45) is 17.3. The molecule has 2 unspecified atom stereocenters. The molecule has 1 aromatic heterocycles. The smallest absolute Gasteiger partial charge is 0.318 e. The van der Waals surface area contributed by atoms with Crippen molar-refractivity contribution in [2.45, 2.75) is 112 Å². The van der Waals surface area contributed by atoms with Crippen LogP contribution in [0.25, 0.3) is 22.8 Å². The molecule has 0 radical (unpaired) electrons. The second kappa shape index (κ2) is 21.5. The summed E-state index contributed by atoms with van der Waals surface area (Å²) in [5.41, 5.74) is 14.4. The van der Waals surface area contributed by atoms with Gasteiger partial charge in [0.25, 0.3) is 5.91 Å². The number of nitrogens with one attached hydrogen (secondary N) is 1. The Morgan fingerprint density at radius 1 is 1.16 bits per heavy atom. The Morgan fingerprint density at radius 3 is 2.53 bits per heavy atom. The number of amides is 1. The average Bonchev–Trinajstić information content (AvgIpc) is 3.47. The number of rotatable bonds is 18. The summed E-state index contributed by atoms with van der Waals surface area (Å²) in [6, 6.07) is 8.83. The minimum Gasteiger partial charge on any atom is -0.463 e. The maximum Gasteiger partial charge on any atom is 0.318 e. The van der Waals surface area contributed by atoms with E-state index in [1.54, 1.807) is 20.2 Å². The summed E-state index contributed by atoms with van der Waals surface area (Å²) >= 11 is 0. The lowest BCUT2D eigenvalue weighted by atomic mass is 9.81. The molecule has 11 nitrogen and oxygen atoms in total. The summed E-state index contributed by atoms with van der Waals surface area (Å²) in [6.45, 7) is 17.1. The van der Waals surface area contributed by atoms with Gasteiger partial charge in [0.15, 0.2) is 0 Å². The number of unbranched alkanes of at least 4 members (excludes halogenated alkanes) is 3. The fourth-order valence-corrected chi connectivity index (χ4v) is 7.54. The van der Waals surface area contributed by atoms with Crippen molar-refractivity contribution in [3.8, 4) is 12.1 Å². The third-order valence-corrected chi connectivity index (χ3v) is 11.1. The molecule has 2 atom stereocenters. The summed E-state index contributed by atoms with van der Waals surface area (Å²) < 4.78 is 6.73. The summed E-state index contributed by atoms with van der Waals surface area (Å²) in [5, 5.41) is 13.7. The minimum atomic E-state index is -0.266. The zero-order valence-corrected chi connectivity index (χ0v) is 36.8. The van der Waals surface area contributed by atoms with Gasteiger partial charge in [0, 0.05) is 68.1 Å². The predicted molar refractivity (Wildman–Crippen MR) is 243 cm³/mol. The molecule has 312 valence electrons. The van der Waals surface area contributed by atoms with Crippen LogP contribution in [-0.2, 0) is 4.79 Å². The third-order valence-electron chi connectivity index (χ3n) is 11.1. The molecular formula is C47H67N9O2. The van der Waals surface area contributed by atoms with E-state index in [9.17, 15) is 10.1 Å². The second-order valence-electron chi connectivity index (χ2n) is 16.0. The molecule has 0 bridgehead atoms. The van der Waals surface area contributed by atoms with Crippen LogP contribution in [0.2, 0.25) is 0 Å². The summed E-state index contributed by atoms with van der Waals surface area (Å²) in [4.78, 5) is 37.2. The first-order valence-electron chi connectivity index (χ1n) is 21.3. The van der Waals surface area contributed by atoms with Gasteiger partial charge in [-0.25, -0.2) is 0 Å². The number of benzene rings is 1. The highest BCUT2D eigenvalue weighted by molar-refractivity contribution is 6.50. The lowest BCUT2D eigenvalue weighted by Crippen LogP contribution is -2.33. The predicted octanol–water partition coefficient (Wildman–Crippen LogP) is 9.38. The van der Waals surface area contributed by atoms with Gasteiger partial charge in [-0.15, -0.1) is 0 Å². The van der Waals surface area contributed by atoms with Gasteiger partial charge in [-0.1, -0.05) is 84.1 Å². The van der Waals surface area contributed by atoms with Gasteiger partial charge in [-0.2, -0.15) is 15.2 Å². The van der Waals surface area contributed by atoms with Crippen molar-refractivity contribution in [2.75, 3.05) is 57.6 Å². The monoisotopic (exact) mass is 790 g/mol. The SMILES string of the molecule is C/C=C1\C(=NC(C)CC)C(c2cccc(NC)c2/C(C#N)=C\C)=Cc2nc(OCC(C)(CCCC)CCCCC)nc(N3CCCN=C(/C=C(\N)C(=O)N(C)C)C3)c21. The number of fused-ring (bicyclic) bond motifs is 1. The van der Waals surface area contributed by atoms with Gasteiger partial charge in [-0.3, -0.25) is 14.8 Å². The van der Waals surface area contributed by atoms with Gasteiger partial charge in [-0.05, 0) is 70.2 Å². The van der Waals surface area contributed by atoms with E-state index in [1.807, 2.05) is 39.1 Å². The number of nitrogens with zero attached hydrogens (tertiary/aromatic N) is 7. The molecule has 0 saturated heterocycles. The standard InChI is InChI=1S/C47H67N9O2/c1-11-16-18-24-47(7,23-17-12-2)31-58-46-53-40-28-37(36-21-19-22-39(50-8)41(36)33(14-4)29-48)43(52-32(6)13-3)35(15-5)42(40)44(54-46)56-26-20-25-51-34(30-56)27-38(49)45(57)55(9)10/h14-15,19,21-22,27-28,32,50H,11-13,16-18,20,23-26,30-31,49H2,1-10H3/b33-14-,35-15-,38-27-,52-43?. The van der Waals surface area contributed by atoms with Gasteiger partial charge < -0.3 is 25.6 Å². The molecular weight excluding hydrogens is 723 g/mol. The Morgan fingerprint density at radius 2 is 1.90 bits per heavy atom. The topological polar surface area (TPSA) is 145 Å². The molecule has 1 aromatic carbocycles. The number of carbonyl (C=O) groups excluding carboxylic acids is 1. The number of likely N-dealkylation sites (N-methyl/N-ethyl adjacent to an activating group) is 1. The summed E-state index contributed by atoms with van der Waals surface area (Å²) in [7, 11) is 5.25. The third kappa shape index (κ3) is 11.0. The van der Waals surface area contributed by atoms with Crippen molar-refractivity contribution in [2.24, 2.45) is 21.1 Å². The second-order valence-corrected chi connectivity index (χ2v) is 16.0. The van der Waals surface area contributed by atoms with Crippen LogP contribution in [0.4, 0.5) is 11.5 Å². The number of nitriles is 1. The van der Waals surface area contributed by atoms with Crippen LogP contribution < -0.4 is 20.7 Å². The lowest BCUT2D eigenvalue weighted by molar-refractivity contribution is -0.124. The highest BCUT2D eigenvalue weighted by Crippen LogP contribution is 2.44. The first-order valence-corrected chi connectivity index (χ1v) is 21.3. The number of hydrogen-bond donors (Lipinski definition) is 2.